The molecule has 0 unspecified atom stereocenters. The van der Waals surface area contributed by atoms with Crippen LogP contribution >= 0.6 is 0 Å². The summed E-state index contributed by atoms with van der Waals surface area (Å²) in [5.74, 6) is 0.186. The molecule has 1 aromatic carbocycles. The lowest BCUT2D eigenvalue weighted by Crippen LogP contribution is -2.32. The number of nitrogens with zero attached hydrogens (tertiary/aromatic N) is 2. The van der Waals surface area contributed by atoms with Gasteiger partial charge in [0.25, 0.3) is 0 Å². The Labute approximate surface area is 135 Å². The molecule has 3 atom stereocenters. The Kier molecular flexibility index (Phi) is 3.60. The minimum Gasteiger partial charge on any atom is -0.335 e. The van der Waals surface area contributed by atoms with Gasteiger partial charge >= 0.3 is 0 Å². The van der Waals surface area contributed by atoms with Gasteiger partial charge < -0.3 is 4.90 Å². The number of likely N-dealkylation sites (tertiary alicyclic amines) is 1. The van der Waals surface area contributed by atoms with Crippen molar-refractivity contribution in [1.82, 2.24) is 9.88 Å². The molecule has 1 aromatic heterocycles. The van der Waals surface area contributed by atoms with E-state index in [1.807, 2.05) is 23.1 Å². The second-order valence-electron chi connectivity index (χ2n) is 6.47. The Morgan fingerprint density at radius 3 is 2.78 bits per heavy atom. The van der Waals surface area contributed by atoms with Crippen LogP contribution in [0.5, 0.6) is 0 Å². The second-order valence-corrected chi connectivity index (χ2v) is 6.47. The van der Waals surface area contributed by atoms with Gasteiger partial charge in [0.15, 0.2) is 0 Å². The first-order chi connectivity index (χ1) is 11.2. The molecular weight excluding hydrogens is 291 g/mol. The van der Waals surface area contributed by atoms with Gasteiger partial charge in [0, 0.05) is 24.9 Å². The van der Waals surface area contributed by atoms with Gasteiger partial charge in [-0.25, -0.2) is 4.39 Å². The number of carbonyl (C=O) groups is 1. The molecule has 0 radical (unpaired) electrons. The monoisotopic (exact) mass is 310 g/mol. The quantitative estimate of drug-likeness (QED) is 0.866. The van der Waals surface area contributed by atoms with Crippen LogP contribution in [0.2, 0.25) is 0 Å². The number of pyridine rings is 1. The molecule has 4 heteroatoms. The summed E-state index contributed by atoms with van der Waals surface area (Å²) in [6, 6.07) is 10.8. The van der Waals surface area contributed by atoms with Gasteiger partial charge in [-0.05, 0) is 60.6 Å². The lowest BCUT2D eigenvalue weighted by Gasteiger charge is -2.25. The predicted molar refractivity (Wildman–Crippen MR) is 85.2 cm³/mol. The summed E-state index contributed by atoms with van der Waals surface area (Å²) in [4.78, 5) is 18.9. The van der Waals surface area contributed by atoms with Crippen LogP contribution in [0.4, 0.5) is 4.39 Å². The third-order valence-electron chi connectivity index (χ3n) is 5.01. The van der Waals surface area contributed by atoms with Crippen molar-refractivity contribution in [3.8, 4) is 0 Å². The molecule has 23 heavy (non-hydrogen) atoms. The normalized spacial score (nSPS) is 26.3. The van der Waals surface area contributed by atoms with Crippen molar-refractivity contribution in [2.75, 3.05) is 6.54 Å². The average molecular weight is 310 g/mol. The summed E-state index contributed by atoms with van der Waals surface area (Å²) in [7, 11) is 0. The zero-order chi connectivity index (χ0) is 15.8. The Morgan fingerprint density at radius 2 is 2.00 bits per heavy atom. The van der Waals surface area contributed by atoms with Crippen LogP contribution in [0.15, 0.2) is 48.8 Å². The van der Waals surface area contributed by atoms with Crippen LogP contribution in [0.1, 0.15) is 42.3 Å². The molecule has 4 rings (SSSR count). The molecule has 118 valence electrons. The maximum atomic E-state index is 13.4. The lowest BCUT2D eigenvalue weighted by molar-refractivity contribution is -0.133. The Balaban J connectivity index is 1.49. The third kappa shape index (κ3) is 2.74. The first kappa shape index (κ1) is 14.4. The van der Waals surface area contributed by atoms with E-state index in [1.54, 1.807) is 24.5 Å². The fourth-order valence-electron chi connectivity index (χ4n) is 3.75. The van der Waals surface area contributed by atoms with Gasteiger partial charge in [-0.2, -0.15) is 0 Å². The molecule has 1 saturated carbocycles. The van der Waals surface area contributed by atoms with E-state index in [1.165, 1.54) is 6.07 Å². The molecule has 2 aliphatic rings. The van der Waals surface area contributed by atoms with Crippen molar-refractivity contribution in [2.24, 2.45) is 5.92 Å². The molecule has 1 aliphatic heterocycles. The average Bonchev–Trinajstić information content (AvgIpc) is 3.23. The molecule has 2 heterocycles. The minimum absolute atomic E-state index is 0.0132. The van der Waals surface area contributed by atoms with Gasteiger partial charge in [-0.3, -0.25) is 9.78 Å². The first-order valence-corrected chi connectivity index (χ1v) is 8.20. The van der Waals surface area contributed by atoms with Gasteiger partial charge in [-0.15, -0.1) is 0 Å². The van der Waals surface area contributed by atoms with E-state index >= 15 is 0 Å². The molecule has 0 bridgehead atoms. The zero-order valence-corrected chi connectivity index (χ0v) is 12.9. The number of amides is 1. The van der Waals surface area contributed by atoms with E-state index in [9.17, 15) is 9.18 Å². The van der Waals surface area contributed by atoms with Crippen molar-refractivity contribution in [2.45, 2.75) is 31.2 Å². The van der Waals surface area contributed by atoms with E-state index < -0.39 is 0 Å². The Bertz CT molecular complexity index is 718. The highest BCUT2D eigenvalue weighted by Gasteiger charge is 2.47. The topological polar surface area (TPSA) is 33.2 Å². The van der Waals surface area contributed by atoms with Gasteiger partial charge in [0.2, 0.25) is 5.91 Å². The van der Waals surface area contributed by atoms with Gasteiger partial charge in [-0.1, -0.05) is 12.1 Å². The third-order valence-corrected chi connectivity index (χ3v) is 5.01. The molecule has 1 saturated heterocycles. The number of halogens is 1. The molecular formula is C19H19FN2O. The highest BCUT2D eigenvalue weighted by atomic mass is 19.1. The van der Waals surface area contributed by atoms with Crippen molar-refractivity contribution in [3.05, 3.63) is 65.7 Å². The maximum absolute atomic E-state index is 13.4. The number of rotatable bonds is 3. The number of hydrogen-bond donors (Lipinski definition) is 0. The molecule has 2 fully saturated rings. The van der Waals surface area contributed by atoms with Gasteiger partial charge in [0.1, 0.15) is 5.82 Å². The molecule has 3 nitrogen and oxygen atoms in total. The minimum atomic E-state index is -0.226. The fraction of sp³-hybridized carbons (Fsp3) is 0.368. The second kappa shape index (κ2) is 5.76. The SMILES string of the molecule is O=C([C@@H]1C[C@@H]1c1cccc(F)c1)N1CCC[C@H]1c1ccncc1. The van der Waals surface area contributed by atoms with Crippen molar-refractivity contribution in [1.29, 1.82) is 0 Å². The van der Waals surface area contributed by atoms with Crippen LogP contribution in [0.3, 0.4) is 0 Å². The molecule has 1 aliphatic carbocycles. The Morgan fingerprint density at radius 1 is 1.17 bits per heavy atom. The van der Waals surface area contributed by atoms with Crippen molar-refractivity contribution in [3.63, 3.8) is 0 Å². The van der Waals surface area contributed by atoms with E-state index in [0.717, 1.165) is 36.9 Å². The first-order valence-electron chi connectivity index (χ1n) is 8.20. The van der Waals surface area contributed by atoms with Crippen LogP contribution in [-0.4, -0.2) is 22.3 Å². The Hall–Kier alpha value is -2.23. The maximum Gasteiger partial charge on any atom is 0.226 e. The summed E-state index contributed by atoms with van der Waals surface area (Å²) in [6.45, 7) is 0.818. The molecule has 1 amide bonds. The summed E-state index contributed by atoms with van der Waals surface area (Å²) in [5.41, 5.74) is 2.11. The highest BCUT2D eigenvalue weighted by molar-refractivity contribution is 5.83. The zero-order valence-electron chi connectivity index (χ0n) is 12.9. The predicted octanol–water partition coefficient (Wildman–Crippen LogP) is 3.69. The summed E-state index contributed by atoms with van der Waals surface area (Å²) < 4.78 is 13.4. The van der Waals surface area contributed by atoms with E-state index in [4.69, 9.17) is 0 Å². The summed E-state index contributed by atoms with van der Waals surface area (Å²) in [6.07, 6.45) is 6.44. The fourth-order valence-corrected chi connectivity index (χ4v) is 3.75. The van der Waals surface area contributed by atoms with Gasteiger partial charge in [0.05, 0.1) is 6.04 Å². The van der Waals surface area contributed by atoms with E-state index in [2.05, 4.69) is 4.98 Å². The largest absolute Gasteiger partial charge is 0.335 e. The van der Waals surface area contributed by atoms with E-state index in [0.29, 0.717) is 0 Å². The van der Waals surface area contributed by atoms with Crippen LogP contribution in [-0.2, 0) is 4.79 Å². The molecule has 0 N–H and O–H groups in total. The van der Waals surface area contributed by atoms with E-state index in [-0.39, 0.29) is 29.6 Å². The number of benzene rings is 1. The van der Waals surface area contributed by atoms with Crippen LogP contribution in [0, 0.1) is 11.7 Å². The lowest BCUT2D eigenvalue weighted by atomic mass is 10.1. The summed E-state index contributed by atoms with van der Waals surface area (Å²) >= 11 is 0. The molecule has 0 spiro atoms. The van der Waals surface area contributed by atoms with Crippen molar-refractivity contribution < 1.29 is 9.18 Å². The standard InChI is InChI=1S/C19H19FN2O/c20-15-4-1-3-14(11-15)16-12-17(16)19(23)22-10-2-5-18(22)13-6-8-21-9-7-13/h1,3-4,6-9,11,16-18H,2,5,10,12H2/t16-,17-,18+/m1/s1. The smallest absolute Gasteiger partial charge is 0.226 e. The highest BCUT2D eigenvalue weighted by Crippen LogP contribution is 2.50. The van der Waals surface area contributed by atoms with Crippen LogP contribution < -0.4 is 0 Å². The number of hydrogen-bond acceptors (Lipinski definition) is 2. The number of aromatic nitrogens is 1. The van der Waals surface area contributed by atoms with Crippen LogP contribution in [0.25, 0.3) is 0 Å². The van der Waals surface area contributed by atoms with Crippen molar-refractivity contribution >= 4 is 5.91 Å². The number of carbonyl (C=O) groups excluding carboxylic acids is 1. The summed E-state index contributed by atoms with van der Waals surface area (Å²) in [5, 5.41) is 0. The molecule has 2 aromatic rings.